The number of halogens is 1. The lowest BCUT2D eigenvalue weighted by atomic mass is 10.2. The van der Waals surface area contributed by atoms with E-state index in [1.807, 2.05) is 51.1 Å². The van der Waals surface area contributed by atoms with Crippen LogP contribution in [0.5, 0.6) is 11.5 Å². The lowest BCUT2D eigenvalue weighted by Crippen LogP contribution is -2.34. The van der Waals surface area contributed by atoms with Crippen LogP contribution in [-0.4, -0.2) is 23.7 Å². The number of anilines is 1. The van der Waals surface area contributed by atoms with E-state index in [2.05, 4.69) is 26.6 Å². The normalized spacial score (nSPS) is 10.4. The molecule has 1 amide bonds. The summed E-state index contributed by atoms with van der Waals surface area (Å²) in [5.41, 5.74) is 1.14. The number of hydrogen-bond donors (Lipinski definition) is 2. The van der Waals surface area contributed by atoms with Crippen molar-refractivity contribution >= 4 is 44.9 Å². The van der Waals surface area contributed by atoms with Gasteiger partial charge >= 0.3 is 0 Å². The summed E-state index contributed by atoms with van der Waals surface area (Å²) in [6, 6.07) is 12.7. The van der Waals surface area contributed by atoms with Crippen molar-refractivity contribution in [1.29, 1.82) is 0 Å². The van der Waals surface area contributed by atoms with Crippen LogP contribution < -0.4 is 20.1 Å². The maximum atomic E-state index is 12.6. The van der Waals surface area contributed by atoms with E-state index in [1.165, 1.54) is 0 Å². The number of benzene rings is 2. The number of thiocarbonyl (C=S) groups is 1. The van der Waals surface area contributed by atoms with E-state index in [9.17, 15) is 4.79 Å². The second-order valence-corrected chi connectivity index (χ2v) is 7.42. The van der Waals surface area contributed by atoms with Crippen LogP contribution in [0.4, 0.5) is 5.69 Å². The van der Waals surface area contributed by atoms with E-state index in [-0.39, 0.29) is 17.1 Å². The molecule has 0 aliphatic heterocycles. The topological polar surface area (TPSA) is 59.6 Å². The minimum Gasteiger partial charge on any atom is -0.494 e. The first kappa shape index (κ1) is 21.2. The first-order valence-corrected chi connectivity index (χ1v) is 9.90. The molecular formula is C20H23BrN2O3S. The van der Waals surface area contributed by atoms with Gasteiger partial charge in [0.25, 0.3) is 5.91 Å². The number of rotatable bonds is 7. The predicted molar refractivity (Wildman–Crippen MR) is 116 cm³/mol. The molecule has 0 bridgehead atoms. The van der Waals surface area contributed by atoms with Gasteiger partial charge in [0.1, 0.15) is 11.5 Å². The summed E-state index contributed by atoms with van der Waals surface area (Å²) in [7, 11) is 0. The van der Waals surface area contributed by atoms with Gasteiger partial charge in [-0.25, -0.2) is 0 Å². The first-order valence-electron chi connectivity index (χ1n) is 8.70. The number of ether oxygens (including phenoxy) is 2. The van der Waals surface area contributed by atoms with Crippen LogP contribution in [-0.2, 0) is 0 Å². The highest BCUT2D eigenvalue weighted by Crippen LogP contribution is 2.24. The predicted octanol–water partition coefficient (Wildman–Crippen LogP) is 5.15. The van der Waals surface area contributed by atoms with Crippen molar-refractivity contribution in [1.82, 2.24) is 5.32 Å². The second kappa shape index (κ2) is 10.3. The van der Waals surface area contributed by atoms with Gasteiger partial charge in [-0.05, 0) is 62.8 Å². The van der Waals surface area contributed by atoms with Gasteiger partial charge in [0.15, 0.2) is 5.11 Å². The van der Waals surface area contributed by atoms with Crippen molar-refractivity contribution in [2.75, 3.05) is 11.9 Å². The fraction of sp³-hybridized carbons (Fsp3) is 0.300. The third-order valence-electron chi connectivity index (χ3n) is 3.34. The molecule has 0 radical (unpaired) electrons. The van der Waals surface area contributed by atoms with Crippen LogP contribution in [0.2, 0.25) is 0 Å². The Morgan fingerprint density at radius 3 is 2.70 bits per heavy atom. The monoisotopic (exact) mass is 450 g/mol. The van der Waals surface area contributed by atoms with Crippen molar-refractivity contribution in [2.24, 2.45) is 0 Å². The molecule has 2 N–H and O–H groups in total. The molecule has 0 atom stereocenters. The van der Waals surface area contributed by atoms with E-state index >= 15 is 0 Å². The molecule has 0 saturated carbocycles. The Bertz CT molecular complexity index is 812. The maximum absolute atomic E-state index is 12.6. The molecule has 2 rings (SSSR count). The third-order valence-corrected chi connectivity index (χ3v) is 4.04. The number of hydrogen-bond acceptors (Lipinski definition) is 4. The fourth-order valence-corrected chi connectivity index (χ4v) is 2.82. The molecule has 0 spiro atoms. The van der Waals surface area contributed by atoms with Crippen molar-refractivity contribution in [3.05, 3.63) is 52.5 Å². The average Bonchev–Trinajstić information content (AvgIpc) is 2.61. The lowest BCUT2D eigenvalue weighted by molar-refractivity contribution is 0.0972. The molecule has 0 aliphatic rings. The van der Waals surface area contributed by atoms with E-state index < -0.39 is 0 Å². The van der Waals surface area contributed by atoms with Gasteiger partial charge in [-0.2, -0.15) is 0 Å². The molecule has 0 unspecified atom stereocenters. The average molecular weight is 451 g/mol. The van der Waals surface area contributed by atoms with Gasteiger partial charge in [0.05, 0.1) is 18.3 Å². The first-order chi connectivity index (χ1) is 12.9. The zero-order chi connectivity index (χ0) is 19.8. The van der Waals surface area contributed by atoms with Crippen LogP contribution in [0.1, 0.15) is 37.6 Å². The summed E-state index contributed by atoms with van der Waals surface area (Å²) >= 11 is 8.65. The number of carbonyl (C=O) groups excluding carboxylic acids is 1. The molecule has 0 heterocycles. The Morgan fingerprint density at radius 2 is 2.00 bits per heavy atom. The summed E-state index contributed by atoms with van der Waals surface area (Å²) in [6.07, 6.45) is 0.883. The highest BCUT2D eigenvalue weighted by molar-refractivity contribution is 9.10. The Balaban J connectivity index is 2.06. The van der Waals surface area contributed by atoms with Crippen molar-refractivity contribution in [3.8, 4) is 11.5 Å². The van der Waals surface area contributed by atoms with Crippen LogP contribution >= 0.6 is 28.1 Å². The molecular weight excluding hydrogens is 428 g/mol. The smallest absolute Gasteiger partial charge is 0.261 e. The maximum Gasteiger partial charge on any atom is 0.261 e. The van der Waals surface area contributed by atoms with Crippen LogP contribution in [0.15, 0.2) is 46.9 Å². The SMILES string of the molecule is CCCOc1cccc(NC(=S)NC(=O)c2cc(Br)ccc2OC(C)C)c1. The summed E-state index contributed by atoms with van der Waals surface area (Å²) in [4.78, 5) is 12.6. The number of amides is 1. The van der Waals surface area contributed by atoms with E-state index in [0.717, 1.165) is 22.3 Å². The van der Waals surface area contributed by atoms with Gasteiger partial charge in [-0.15, -0.1) is 0 Å². The summed E-state index contributed by atoms with van der Waals surface area (Å²) < 4.78 is 12.1. The minimum atomic E-state index is -0.345. The quantitative estimate of drug-likeness (QED) is 0.570. The van der Waals surface area contributed by atoms with Gasteiger partial charge in [-0.3, -0.25) is 10.1 Å². The largest absolute Gasteiger partial charge is 0.494 e. The van der Waals surface area contributed by atoms with Crippen molar-refractivity contribution < 1.29 is 14.3 Å². The Hall–Kier alpha value is -2.12. The lowest BCUT2D eigenvalue weighted by Gasteiger charge is -2.15. The third kappa shape index (κ3) is 6.84. The molecule has 2 aromatic rings. The molecule has 144 valence electrons. The molecule has 2 aromatic carbocycles. The Morgan fingerprint density at radius 1 is 1.22 bits per heavy atom. The van der Waals surface area contributed by atoms with E-state index in [1.54, 1.807) is 12.1 Å². The second-order valence-electron chi connectivity index (χ2n) is 6.09. The molecule has 0 saturated heterocycles. The highest BCUT2D eigenvalue weighted by Gasteiger charge is 2.16. The van der Waals surface area contributed by atoms with Crippen LogP contribution in [0.3, 0.4) is 0 Å². The fourth-order valence-electron chi connectivity index (χ4n) is 2.25. The van der Waals surface area contributed by atoms with Crippen LogP contribution in [0, 0.1) is 0 Å². The zero-order valence-electron chi connectivity index (χ0n) is 15.5. The van der Waals surface area contributed by atoms with E-state index in [0.29, 0.717) is 17.9 Å². The summed E-state index contributed by atoms with van der Waals surface area (Å²) in [5.74, 6) is 0.905. The zero-order valence-corrected chi connectivity index (χ0v) is 17.9. The summed E-state index contributed by atoms with van der Waals surface area (Å²) in [6.45, 7) is 6.51. The van der Waals surface area contributed by atoms with Gasteiger partial charge in [0, 0.05) is 16.2 Å². The molecule has 7 heteroatoms. The summed E-state index contributed by atoms with van der Waals surface area (Å²) in [5, 5.41) is 5.89. The molecule has 0 aliphatic carbocycles. The van der Waals surface area contributed by atoms with Crippen molar-refractivity contribution in [2.45, 2.75) is 33.3 Å². The van der Waals surface area contributed by atoms with Gasteiger partial charge < -0.3 is 14.8 Å². The minimum absolute atomic E-state index is 0.0475. The van der Waals surface area contributed by atoms with Crippen LogP contribution in [0.25, 0.3) is 0 Å². The molecule has 0 fully saturated rings. The number of nitrogens with one attached hydrogen (secondary N) is 2. The van der Waals surface area contributed by atoms with Gasteiger partial charge in [-0.1, -0.05) is 28.9 Å². The Labute approximate surface area is 173 Å². The standard InChI is InChI=1S/C20H23BrN2O3S/c1-4-10-25-16-7-5-6-15(12-16)22-20(27)23-19(24)17-11-14(21)8-9-18(17)26-13(2)3/h5-9,11-13H,4,10H2,1-3H3,(H2,22,23,24,27). The van der Waals surface area contributed by atoms with E-state index in [4.69, 9.17) is 21.7 Å². The highest BCUT2D eigenvalue weighted by atomic mass is 79.9. The van der Waals surface area contributed by atoms with Crippen molar-refractivity contribution in [3.63, 3.8) is 0 Å². The van der Waals surface area contributed by atoms with Gasteiger partial charge in [0.2, 0.25) is 0 Å². The molecule has 27 heavy (non-hydrogen) atoms. The molecule has 0 aromatic heterocycles. The Kier molecular flexibility index (Phi) is 8.06. The molecule has 5 nitrogen and oxygen atoms in total. The number of carbonyl (C=O) groups is 1.